The zero-order chi connectivity index (χ0) is 21.4. The number of imidazole rings is 1. The Morgan fingerprint density at radius 3 is 2.28 bits per heavy atom. The molecule has 29 heavy (non-hydrogen) atoms. The molecule has 0 aliphatic rings. The SMILES string of the molecule is N[C@@H](Cc1ccc(O)cc1)C(=O)N[C@@H](CO)C(=O)N[C@@H](Cc1cnc[nH]1)C(=O)O. The molecule has 0 unspecified atom stereocenters. The van der Waals surface area contributed by atoms with Gasteiger partial charge in [0.15, 0.2) is 0 Å². The molecule has 0 aliphatic heterocycles. The van der Waals surface area contributed by atoms with Crippen LogP contribution in [0.2, 0.25) is 0 Å². The highest BCUT2D eigenvalue weighted by Gasteiger charge is 2.28. The highest BCUT2D eigenvalue weighted by molar-refractivity contribution is 5.92. The van der Waals surface area contributed by atoms with Crippen LogP contribution in [0.4, 0.5) is 0 Å². The molecule has 0 aliphatic carbocycles. The van der Waals surface area contributed by atoms with Crippen molar-refractivity contribution < 1.29 is 29.7 Å². The molecule has 1 aromatic heterocycles. The first kappa shape index (κ1) is 21.9. The first-order chi connectivity index (χ1) is 13.8. The fraction of sp³-hybridized carbons (Fsp3) is 0.333. The third-order valence-electron chi connectivity index (χ3n) is 4.14. The number of nitrogens with one attached hydrogen (secondary N) is 3. The molecule has 1 heterocycles. The Morgan fingerprint density at radius 1 is 1.07 bits per heavy atom. The van der Waals surface area contributed by atoms with Crippen molar-refractivity contribution in [2.24, 2.45) is 5.73 Å². The predicted molar refractivity (Wildman–Crippen MR) is 101 cm³/mol. The number of aromatic amines is 1. The number of aliphatic hydroxyl groups excluding tert-OH is 1. The van der Waals surface area contributed by atoms with Gasteiger partial charge in [0.2, 0.25) is 11.8 Å². The van der Waals surface area contributed by atoms with Gasteiger partial charge in [-0.05, 0) is 24.1 Å². The molecule has 3 atom stereocenters. The van der Waals surface area contributed by atoms with Crippen molar-refractivity contribution in [3.05, 3.63) is 48.0 Å². The Morgan fingerprint density at radius 2 is 1.72 bits per heavy atom. The summed E-state index contributed by atoms with van der Waals surface area (Å²) in [6.45, 7) is -0.736. The van der Waals surface area contributed by atoms with Crippen molar-refractivity contribution in [3.63, 3.8) is 0 Å². The van der Waals surface area contributed by atoms with Gasteiger partial charge in [-0.2, -0.15) is 0 Å². The van der Waals surface area contributed by atoms with E-state index in [4.69, 9.17) is 5.73 Å². The van der Waals surface area contributed by atoms with Gasteiger partial charge in [0.05, 0.1) is 19.0 Å². The number of hydrogen-bond donors (Lipinski definition) is 7. The summed E-state index contributed by atoms with van der Waals surface area (Å²) in [6, 6.07) is 2.46. The van der Waals surface area contributed by atoms with Crippen molar-refractivity contribution >= 4 is 17.8 Å². The number of amides is 2. The predicted octanol–water partition coefficient (Wildman–Crippen LogP) is -1.73. The number of carboxylic acids is 1. The van der Waals surface area contributed by atoms with Gasteiger partial charge in [-0.15, -0.1) is 0 Å². The number of aromatic nitrogens is 2. The van der Waals surface area contributed by atoms with E-state index in [1.54, 1.807) is 12.1 Å². The third-order valence-corrected chi connectivity index (χ3v) is 4.14. The highest BCUT2D eigenvalue weighted by atomic mass is 16.4. The summed E-state index contributed by atoms with van der Waals surface area (Å²) in [5.41, 5.74) is 7.03. The fourth-order valence-electron chi connectivity index (χ4n) is 2.54. The maximum absolute atomic E-state index is 12.3. The molecule has 0 saturated carbocycles. The number of phenolic OH excluding ortho intramolecular Hbond substituents is 1. The van der Waals surface area contributed by atoms with Gasteiger partial charge in [0.25, 0.3) is 0 Å². The maximum Gasteiger partial charge on any atom is 0.326 e. The van der Waals surface area contributed by atoms with Crippen LogP contribution in [-0.4, -0.2) is 67.8 Å². The van der Waals surface area contributed by atoms with Crippen molar-refractivity contribution in [1.29, 1.82) is 0 Å². The summed E-state index contributed by atoms with van der Waals surface area (Å²) in [5, 5.41) is 32.6. The molecule has 11 nitrogen and oxygen atoms in total. The number of phenols is 1. The van der Waals surface area contributed by atoms with Crippen molar-refractivity contribution in [1.82, 2.24) is 20.6 Å². The molecular weight excluding hydrogens is 382 g/mol. The summed E-state index contributed by atoms with van der Waals surface area (Å²) < 4.78 is 0. The van der Waals surface area contributed by atoms with Crippen LogP contribution in [0.5, 0.6) is 5.75 Å². The number of carboxylic acid groups (broad SMARTS) is 1. The second-order valence-electron chi connectivity index (χ2n) is 6.40. The van der Waals surface area contributed by atoms with Crippen molar-refractivity contribution in [2.75, 3.05) is 6.61 Å². The Labute approximate surface area is 166 Å². The Bertz CT molecular complexity index is 824. The molecule has 11 heteroatoms. The fourth-order valence-corrected chi connectivity index (χ4v) is 2.54. The number of carbonyl (C=O) groups is 3. The van der Waals surface area contributed by atoms with E-state index in [9.17, 15) is 29.7 Å². The molecule has 8 N–H and O–H groups in total. The number of carbonyl (C=O) groups excluding carboxylic acids is 2. The summed E-state index contributed by atoms with van der Waals surface area (Å²) >= 11 is 0. The summed E-state index contributed by atoms with van der Waals surface area (Å²) in [5.74, 6) is -2.75. The topological polar surface area (TPSA) is 191 Å². The first-order valence-electron chi connectivity index (χ1n) is 8.75. The van der Waals surface area contributed by atoms with Crippen LogP contribution in [0.15, 0.2) is 36.8 Å². The Hall–Kier alpha value is -3.44. The van der Waals surface area contributed by atoms with Crippen LogP contribution >= 0.6 is 0 Å². The minimum Gasteiger partial charge on any atom is -0.508 e. The van der Waals surface area contributed by atoms with Crippen LogP contribution in [0.25, 0.3) is 0 Å². The van der Waals surface area contributed by atoms with E-state index in [1.807, 2.05) is 0 Å². The van der Waals surface area contributed by atoms with E-state index < -0.39 is 42.5 Å². The molecule has 2 aromatic rings. The van der Waals surface area contributed by atoms with E-state index in [0.29, 0.717) is 11.3 Å². The first-order valence-corrected chi connectivity index (χ1v) is 8.75. The average Bonchev–Trinajstić information content (AvgIpc) is 3.20. The van der Waals surface area contributed by atoms with Crippen LogP contribution in [0, 0.1) is 0 Å². The van der Waals surface area contributed by atoms with E-state index in [0.717, 1.165) is 0 Å². The summed E-state index contributed by atoms with van der Waals surface area (Å²) in [4.78, 5) is 42.5. The number of nitrogens with zero attached hydrogens (tertiary/aromatic N) is 1. The van der Waals surface area contributed by atoms with Crippen LogP contribution in [-0.2, 0) is 27.2 Å². The third kappa shape index (κ3) is 6.59. The van der Waals surface area contributed by atoms with E-state index in [1.165, 1.54) is 24.7 Å². The Balaban J connectivity index is 1.93. The van der Waals surface area contributed by atoms with Gasteiger partial charge >= 0.3 is 5.97 Å². The van der Waals surface area contributed by atoms with E-state index in [-0.39, 0.29) is 18.6 Å². The normalized spacial score (nSPS) is 13.9. The molecule has 0 saturated heterocycles. The maximum atomic E-state index is 12.3. The number of hydrogen-bond acceptors (Lipinski definition) is 7. The van der Waals surface area contributed by atoms with E-state index in [2.05, 4.69) is 20.6 Å². The zero-order valence-electron chi connectivity index (χ0n) is 15.4. The molecule has 0 radical (unpaired) electrons. The van der Waals surface area contributed by atoms with Gasteiger partial charge in [0.1, 0.15) is 17.8 Å². The molecule has 156 valence electrons. The van der Waals surface area contributed by atoms with Crippen molar-refractivity contribution in [3.8, 4) is 5.75 Å². The standard InChI is InChI=1S/C18H23N5O6/c19-13(5-10-1-3-12(25)4-2-10)16(26)23-15(8-24)17(27)22-14(18(28)29)6-11-7-20-9-21-11/h1-4,7,9,13-15,24-25H,5-6,8,19H2,(H,20,21)(H,22,27)(H,23,26)(H,28,29)/t13-,14-,15-/m0/s1. The van der Waals surface area contributed by atoms with Gasteiger partial charge in [0, 0.05) is 18.3 Å². The number of aliphatic carboxylic acids is 1. The van der Waals surface area contributed by atoms with Crippen molar-refractivity contribution in [2.45, 2.75) is 31.0 Å². The molecule has 1 aromatic carbocycles. The van der Waals surface area contributed by atoms with Crippen LogP contribution < -0.4 is 16.4 Å². The number of aromatic hydroxyl groups is 1. The number of nitrogens with two attached hydrogens (primary N) is 1. The molecule has 0 bridgehead atoms. The quantitative estimate of drug-likeness (QED) is 0.242. The smallest absolute Gasteiger partial charge is 0.326 e. The second-order valence-corrected chi connectivity index (χ2v) is 6.40. The number of rotatable bonds is 10. The molecule has 0 spiro atoms. The summed E-state index contributed by atoms with van der Waals surface area (Å²) in [6.07, 6.45) is 2.90. The number of benzene rings is 1. The number of H-pyrrole nitrogens is 1. The lowest BCUT2D eigenvalue weighted by molar-refractivity contribution is -0.142. The van der Waals surface area contributed by atoms with Gasteiger partial charge in [-0.25, -0.2) is 9.78 Å². The largest absolute Gasteiger partial charge is 0.508 e. The molecule has 2 rings (SSSR count). The minimum atomic E-state index is -1.36. The average molecular weight is 405 g/mol. The lowest BCUT2D eigenvalue weighted by Gasteiger charge is -2.21. The van der Waals surface area contributed by atoms with Crippen LogP contribution in [0.1, 0.15) is 11.3 Å². The monoisotopic (exact) mass is 405 g/mol. The highest BCUT2D eigenvalue weighted by Crippen LogP contribution is 2.11. The lowest BCUT2D eigenvalue weighted by atomic mass is 10.1. The minimum absolute atomic E-state index is 0.0481. The van der Waals surface area contributed by atoms with Gasteiger partial charge in [-0.3, -0.25) is 9.59 Å². The Kier molecular flexibility index (Phi) is 7.69. The molecular formula is C18H23N5O6. The second kappa shape index (κ2) is 10.2. The zero-order valence-corrected chi connectivity index (χ0v) is 15.4. The number of aliphatic hydroxyl groups is 1. The van der Waals surface area contributed by atoms with E-state index >= 15 is 0 Å². The van der Waals surface area contributed by atoms with Gasteiger partial charge < -0.3 is 36.7 Å². The lowest BCUT2D eigenvalue weighted by Crippen LogP contribution is -2.56. The molecule has 2 amide bonds. The van der Waals surface area contributed by atoms with Crippen LogP contribution in [0.3, 0.4) is 0 Å². The molecule has 0 fully saturated rings. The summed E-state index contributed by atoms with van der Waals surface area (Å²) in [7, 11) is 0. The van der Waals surface area contributed by atoms with Gasteiger partial charge in [-0.1, -0.05) is 12.1 Å².